The second-order valence-electron chi connectivity index (χ2n) is 4.04. The summed E-state index contributed by atoms with van der Waals surface area (Å²) in [5, 5.41) is 0. The first-order chi connectivity index (χ1) is 8.25. The predicted octanol–water partition coefficient (Wildman–Crippen LogP) is 4.89. The zero-order chi connectivity index (χ0) is 12.1. The number of rotatable bonds is 4. The van der Waals surface area contributed by atoms with Crippen molar-refractivity contribution in [2.24, 2.45) is 0 Å². The van der Waals surface area contributed by atoms with Crippen LogP contribution in [0.3, 0.4) is 0 Å². The largest absolute Gasteiger partial charge is 0.207 e. The van der Waals surface area contributed by atoms with Crippen LogP contribution in [0, 0.1) is 5.82 Å². The van der Waals surface area contributed by atoms with Crippen LogP contribution in [0.5, 0.6) is 0 Å². The smallest absolute Gasteiger partial charge is 0.123 e. The van der Waals surface area contributed by atoms with Crippen molar-refractivity contribution in [3.63, 3.8) is 0 Å². The maximum atomic E-state index is 12.7. The molecule has 88 valence electrons. The molecule has 0 aliphatic rings. The molecule has 0 radical (unpaired) electrons. The fourth-order valence-electron chi connectivity index (χ4n) is 1.77. The molecule has 0 heterocycles. The molecule has 2 aromatic rings. The Morgan fingerprint density at radius 1 is 0.941 bits per heavy atom. The Hall–Kier alpha value is -1.15. The maximum absolute atomic E-state index is 12.7. The molecule has 0 fully saturated rings. The van der Waals surface area contributed by atoms with Crippen LogP contribution >= 0.6 is 15.9 Å². The van der Waals surface area contributed by atoms with E-state index in [0.717, 1.165) is 12.8 Å². The summed E-state index contributed by atoms with van der Waals surface area (Å²) in [6, 6.07) is 17.1. The minimum Gasteiger partial charge on any atom is -0.207 e. The number of aryl methyl sites for hydroxylation is 1. The third-order valence-corrected chi connectivity index (χ3v) is 3.75. The molecule has 0 N–H and O–H groups in total. The van der Waals surface area contributed by atoms with Crippen LogP contribution in [-0.4, -0.2) is 0 Å². The second-order valence-corrected chi connectivity index (χ2v) is 5.15. The van der Waals surface area contributed by atoms with Crippen LogP contribution in [-0.2, 0) is 6.42 Å². The summed E-state index contributed by atoms with van der Waals surface area (Å²) in [7, 11) is 0. The Bertz CT molecular complexity index is 450. The Labute approximate surface area is 110 Å². The summed E-state index contributed by atoms with van der Waals surface area (Å²) < 4.78 is 12.7. The van der Waals surface area contributed by atoms with Gasteiger partial charge in [0.25, 0.3) is 0 Å². The molecule has 0 aliphatic carbocycles. The first-order valence-electron chi connectivity index (χ1n) is 5.69. The van der Waals surface area contributed by atoms with Gasteiger partial charge in [0.15, 0.2) is 0 Å². The lowest BCUT2D eigenvalue weighted by Gasteiger charge is -2.09. The summed E-state index contributed by atoms with van der Waals surface area (Å²) >= 11 is 3.68. The SMILES string of the molecule is Fc1ccc(CCC(Br)c2ccccc2)cc1. The lowest BCUT2D eigenvalue weighted by molar-refractivity contribution is 0.626. The van der Waals surface area contributed by atoms with Crippen LogP contribution < -0.4 is 0 Å². The Balaban J connectivity index is 1.92. The van der Waals surface area contributed by atoms with E-state index in [-0.39, 0.29) is 5.82 Å². The number of benzene rings is 2. The average Bonchev–Trinajstić information content (AvgIpc) is 2.39. The molecule has 2 aromatic carbocycles. The van der Waals surface area contributed by atoms with Gasteiger partial charge in [0.1, 0.15) is 5.82 Å². The molecular formula is C15H14BrF. The summed E-state index contributed by atoms with van der Waals surface area (Å²) in [4.78, 5) is 0.355. The molecule has 17 heavy (non-hydrogen) atoms. The first kappa shape index (κ1) is 12.3. The molecule has 1 atom stereocenters. The highest BCUT2D eigenvalue weighted by atomic mass is 79.9. The highest BCUT2D eigenvalue weighted by molar-refractivity contribution is 9.09. The van der Waals surface area contributed by atoms with Gasteiger partial charge in [-0.05, 0) is 36.1 Å². The van der Waals surface area contributed by atoms with Gasteiger partial charge < -0.3 is 0 Å². The summed E-state index contributed by atoms with van der Waals surface area (Å²) in [6.45, 7) is 0. The van der Waals surface area contributed by atoms with Crippen molar-refractivity contribution in [1.29, 1.82) is 0 Å². The van der Waals surface area contributed by atoms with Gasteiger partial charge in [-0.1, -0.05) is 58.4 Å². The minimum absolute atomic E-state index is 0.174. The minimum atomic E-state index is -0.174. The highest BCUT2D eigenvalue weighted by Crippen LogP contribution is 2.27. The van der Waals surface area contributed by atoms with Crippen LogP contribution in [0.2, 0.25) is 0 Å². The summed E-state index contributed by atoms with van der Waals surface area (Å²) in [5.74, 6) is -0.174. The topological polar surface area (TPSA) is 0 Å². The average molecular weight is 293 g/mol. The van der Waals surface area contributed by atoms with Crippen molar-refractivity contribution in [2.75, 3.05) is 0 Å². The van der Waals surface area contributed by atoms with E-state index in [4.69, 9.17) is 0 Å². The molecule has 0 spiro atoms. The molecule has 0 saturated heterocycles. The quantitative estimate of drug-likeness (QED) is 0.704. The van der Waals surface area contributed by atoms with E-state index >= 15 is 0 Å². The van der Waals surface area contributed by atoms with E-state index in [1.807, 2.05) is 30.3 Å². The number of halogens is 2. The number of hydrogen-bond acceptors (Lipinski definition) is 0. The van der Waals surface area contributed by atoms with E-state index in [1.165, 1.54) is 23.3 Å². The molecule has 2 heteroatoms. The predicted molar refractivity (Wildman–Crippen MR) is 72.8 cm³/mol. The van der Waals surface area contributed by atoms with E-state index < -0.39 is 0 Å². The molecular weight excluding hydrogens is 279 g/mol. The van der Waals surface area contributed by atoms with Gasteiger partial charge in [0.05, 0.1) is 0 Å². The fourth-order valence-corrected chi connectivity index (χ4v) is 2.31. The zero-order valence-electron chi connectivity index (χ0n) is 9.44. The normalized spacial score (nSPS) is 12.4. The third kappa shape index (κ3) is 3.67. The van der Waals surface area contributed by atoms with Gasteiger partial charge in [-0.25, -0.2) is 4.39 Å². The van der Waals surface area contributed by atoms with Crippen LogP contribution in [0.25, 0.3) is 0 Å². The van der Waals surface area contributed by atoms with E-state index in [1.54, 1.807) is 0 Å². The van der Waals surface area contributed by atoms with E-state index in [2.05, 4.69) is 28.1 Å². The molecule has 0 nitrogen and oxygen atoms in total. The lowest BCUT2D eigenvalue weighted by atomic mass is 10.0. The van der Waals surface area contributed by atoms with Gasteiger partial charge in [0.2, 0.25) is 0 Å². The maximum Gasteiger partial charge on any atom is 0.123 e. The lowest BCUT2D eigenvalue weighted by Crippen LogP contribution is -1.93. The standard InChI is InChI=1S/C15H14BrF/c16-15(13-4-2-1-3-5-13)11-8-12-6-9-14(17)10-7-12/h1-7,9-10,15H,8,11H2. The highest BCUT2D eigenvalue weighted by Gasteiger charge is 2.06. The monoisotopic (exact) mass is 292 g/mol. The number of alkyl halides is 1. The van der Waals surface area contributed by atoms with Crippen LogP contribution in [0.4, 0.5) is 4.39 Å². The molecule has 0 aliphatic heterocycles. The van der Waals surface area contributed by atoms with Crippen LogP contribution in [0.15, 0.2) is 54.6 Å². The zero-order valence-corrected chi connectivity index (χ0v) is 11.0. The Morgan fingerprint density at radius 2 is 1.59 bits per heavy atom. The van der Waals surface area contributed by atoms with Gasteiger partial charge >= 0.3 is 0 Å². The van der Waals surface area contributed by atoms with Crippen molar-refractivity contribution < 1.29 is 4.39 Å². The van der Waals surface area contributed by atoms with E-state index in [9.17, 15) is 4.39 Å². The van der Waals surface area contributed by atoms with Gasteiger partial charge in [0, 0.05) is 4.83 Å². The molecule has 0 bridgehead atoms. The molecule has 1 unspecified atom stereocenters. The molecule has 0 aromatic heterocycles. The summed E-state index contributed by atoms with van der Waals surface area (Å²) in [6.07, 6.45) is 1.96. The third-order valence-electron chi connectivity index (χ3n) is 2.76. The van der Waals surface area contributed by atoms with Crippen molar-refractivity contribution >= 4 is 15.9 Å². The van der Waals surface area contributed by atoms with Crippen molar-refractivity contribution in [3.05, 3.63) is 71.5 Å². The van der Waals surface area contributed by atoms with Gasteiger partial charge in [-0.15, -0.1) is 0 Å². The molecule has 0 amide bonds. The molecule has 0 saturated carbocycles. The Morgan fingerprint density at radius 3 is 2.24 bits per heavy atom. The second kappa shape index (κ2) is 5.97. The van der Waals surface area contributed by atoms with E-state index in [0.29, 0.717) is 4.83 Å². The first-order valence-corrected chi connectivity index (χ1v) is 6.61. The number of hydrogen-bond donors (Lipinski definition) is 0. The van der Waals surface area contributed by atoms with Crippen LogP contribution in [0.1, 0.15) is 22.4 Å². The Kier molecular flexibility index (Phi) is 4.32. The fraction of sp³-hybridized carbons (Fsp3) is 0.200. The van der Waals surface area contributed by atoms with Crippen molar-refractivity contribution in [1.82, 2.24) is 0 Å². The van der Waals surface area contributed by atoms with Gasteiger partial charge in [-0.2, -0.15) is 0 Å². The van der Waals surface area contributed by atoms with Crippen molar-refractivity contribution in [3.8, 4) is 0 Å². The summed E-state index contributed by atoms with van der Waals surface area (Å²) in [5.41, 5.74) is 2.46. The van der Waals surface area contributed by atoms with Crippen molar-refractivity contribution in [2.45, 2.75) is 17.7 Å². The van der Waals surface area contributed by atoms with Gasteiger partial charge in [-0.3, -0.25) is 0 Å². The molecule has 2 rings (SSSR count).